The standard InChI is InChI=1S/C34H50N.C32H12BF24/c1-2-3-4-5-6-7-8-9-10-11-12-13-14-15-16-17-21-31-25-27-32(28-26-31)30-35-29-20-23-33-22-18-19-24-34(33)35;34-25(35,36)13-1-14(26(37,38)39)6-21(5-13)33(22-7-15(27(40,41)42)2-16(8-22)28(43,44)45,23-9-17(29(46,47)48)3-18(10-23)30(49,50)51)24-11-19(31(52,53)54)4-20(12-24)32(55,56)57/h18-20,22-29H,2-17,21,30H2,1H3;1-12H/q+1;-1. The molecule has 0 saturated heterocycles. The lowest BCUT2D eigenvalue weighted by molar-refractivity contribution is -0.662. The van der Waals surface area contributed by atoms with Crippen molar-refractivity contribution in [1.29, 1.82) is 0 Å². The molecule has 0 amide bonds. The predicted molar refractivity (Wildman–Crippen MR) is 303 cm³/mol. The van der Waals surface area contributed by atoms with Crippen LogP contribution in [-0.4, -0.2) is 6.15 Å². The molecule has 0 aliphatic heterocycles. The lowest BCUT2D eigenvalue weighted by Crippen LogP contribution is -2.75. The van der Waals surface area contributed by atoms with Crippen molar-refractivity contribution in [2.45, 2.75) is 172 Å². The summed E-state index contributed by atoms with van der Waals surface area (Å²) < 4.78 is 343. The normalized spacial score (nSPS) is 13.2. The van der Waals surface area contributed by atoms with Crippen LogP contribution in [0.4, 0.5) is 105 Å². The van der Waals surface area contributed by atoms with Crippen LogP contribution in [0.2, 0.25) is 0 Å². The minimum Gasteiger partial charge on any atom is -0.194 e. The molecule has 1 heterocycles. The number of hydrogen-bond acceptors (Lipinski definition) is 0. The third-order valence-electron chi connectivity index (χ3n) is 15.9. The number of pyridine rings is 1. The number of aromatic nitrogens is 1. The largest absolute Gasteiger partial charge is 0.416 e. The zero-order chi connectivity index (χ0) is 68.3. The van der Waals surface area contributed by atoms with Crippen molar-refractivity contribution in [1.82, 2.24) is 0 Å². The van der Waals surface area contributed by atoms with E-state index in [0.29, 0.717) is 0 Å². The first-order valence-corrected chi connectivity index (χ1v) is 29.4. The summed E-state index contributed by atoms with van der Waals surface area (Å²) in [5.41, 5.74) is -26.0. The highest BCUT2D eigenvalue weighted by Crippen LogP contribution is 2.42. The van der Waals surface area contributed by atoms with Gasteiger partial charge in [0.05, 0.1) is 44.5 Å². The molecule has 0 aliphatic carbocycles. The first-order valence-electron chi connectivity index (χ1n) is 29.4. The molecule has 0 unspecified atom stereocenters. The summed E-state index contributed by atoms with van der Waals surface area (Å²) in [7, 11) is 0. The number of benzene rings is 6. The van der Waals surface area contributed by atoms with Crippen LogP contribution in [-0.2, 0) is 62.4 Å². The van der Waals surface area contributed by atoms with Gasteiger partial charge in [0, 0.05) is 23.1 Å². The molecule has 0 bridgehead atoms. The van der Waals surface area contributed by atoms with Gasteiger partial charge in [-0.1, -0.05) is 188 Å². The Balaban J connectivity index is 0.000000328. The molecule has 0 N–H and O–H groups in total. The number of alkyl halides is 24. The summed E-state index contributed by atoms with van der Waals surface area (Å²) in [5.74, 6) is 0. The Kier molecular flexibility index (Phi) is 24.2. The van der Waals surface area contributed by atoms with Gasteiger partial charge in [-0.15, -0.1) is 0 Å². The number of hydrogen-bond donors (Lipinski definition) is 0. The minimum absolute atomic E-state index is 0.691. The van der Waals surface area contributed by atoms with Crippen molar-refractivity contribution in [3.05, 3.63) is 195 Å². The van der Waals surface area contributed by atoms with Gasteiger partial charge in [-0.25, -0.2) is 0 Å². The Hall–Kier alpha value is -6.89. The maximum atomic E-state index is 14.2. The monoisotopic (exact) mass is 1340 g/mol. The van der Waals surface area contributed by atoms with E-state index in [4.69, 9.17) is 0 Å². The van der Waals surface area contributed by atoms with Gasteiger partial charge in [0.15, 0.2) is 12.7 Å². The van der Waals surface area contributed by atoms with E-state index in [2.05, 4.69) is 78.4 Å². The molecule has 7 aromatic rings. The average Bonchev–Trinajstić information content (AvgIpc) is 0.709. The first-order chi connectivity index (χ1) is 42.6. The second-order valence-electron chi connectivity index (χ2n) is 22.8. The van der Waals surface area contributed by atoms with Crippen molar-refractivity contribution in [2.75, 3.05) is 0 Å². The summed E-state index contributed by atoms with van der Waals surface area (Å²) in [6.07, 6.45) is -28.5. The lowest BCUT2D eigenvalue weighted by atomic mass is 9.12. The Morgan fingerprint density at radius 3 is 0.815 bits per heavy atom. The highest BCUT2D eigenvalue weighted by Gasteiger charge is 2.47. The van der Waals surface area contributed by atoms with E-state index in [1.807, 2.05) is 0 Å². The minimum atomic E-state index is -6.13. The van der Waals surface area contributed by atoms with Gasteiger partial charge in [0.25, 0.3) is 0 Å². The maximum absolute atomic E-state index is 14.2. The van der Waals surface area contributed by atoms with Crippen molar-refractivity contribution in [3.8, 4) is 0 Å². The first kappa shape index (κ1) is 74.2. The van der Waals surface area contributed by atoms with Gasteiger partial charge in [0.1, 0.15) is 6.15 Å². The fraction of sp³-hybridized carbons (Fsp3) is 0.409. The van der Waals surface area contributed by atoms with Gasteiger partial charge in [-0.3, -0.25) is 0 Å². The molecule has 6 aromatic carbocycles. The zero-order valence-corrected chi connectivity index (χ0v) is 49.1. The smallest absolute Gasteiger partial charge is 0.194 e. The molecule has 7 rings (SSSR count). The number of fused-ring (bicyclic) bond motifs is 1. The van der Waals surface area contributed by atoms with Crippen LogP contribution in [0.3, 0.4) is 0 Å². The molecule has 0 fully saturated rings. The summed E-state index contributed by atoms with van der Waals surface area (Å²) in [6.45, 7) is 3.23. The fourth-order valence-electron chi connectivity index (χ4n) is 11.3. The maximum Gasteiger partial charge on any atom is 0.416 e. The SMILES string of the molecule is CCCCCCCCCCCCCCCCCCc1ccc(C[n+]2cccc3ccccc32)cc1.FC(F)(F)c1cc([B-](c2cc(C(F)(F)F)cc(C(F)(F)F)c2)(c2cc(C(F)(F)F)cc(C(F)(F)F)c2)c2cc(C(F)(F)F)cc(C(F)(F)F)c2)cc(C(F)(F)F)c1. The summed E-state index contributed by atoms with van der Waals surface area (Å²) >= 11 is 0. The molecule has 0 radical (unpaired) electrons. The number of para-hydroxylation sites is 1. The number of halogens is 24. The second kappa shape index (κ2) is 30.0. The van der Waals surface area contributed by atoms with Crippen LogP contribution >= 0.6 is 0 Å². The molecule has 1 nitrogen and oxygen atoms in total. The number of unbranched alkanes of at least 4 members (excludes halogenated alkanes) is 15. The molecule has 1 aromatic heterocycles. The third kappa shape index (κ3) is 20.3. The van der Waals surface area contributed by atoms with Crippen molar-refractivity contribution < 1.29 is 110 Å². The van der Waals surface area contributed by atoms with E-state index in [1.54, 1.807) is 0 Å². The third-order valence-corrected chi connectivity index (χ3v) is 15.9. The molecule has 0 aliphatic rings. The van der Waals surface area contributed by atoms with E-state index >= 15 is 0 Å². The van der Waals surface area contributed by atoms with E-state index < -0.39 is 195 Å². The fourth-order valence-corrected chi connectivity index (χ4v) is 11.3. The molecule has 92 heavy (non-hydrogen) atoms. The van der Waals surface area contributed by atoms with E-state index in [1.165, 1.54) is 131 Å². The number of aryl methyl sites for hydroxylation is 1. The molecular formula is C66H62BF24N. The average molecular weight is 1340 g/mol. The quantitative estimate of drug-likeness (QED) is 0.0260. The van der Waals surface area contributed by atoms with Crippen LogP contribution in [0.15, 0.2) is 140 Å². The van der Waals surface area contributed by atoms with E-state index in [0.717, 1.165) is 6.54 Å². The predicted octanol–water partition coefficient (Wildman–Crippen LogP) is 21.2. The van der Waals surface area contributed by atoms with Crippen LogP contribution in [0.25, 0.3) is 10.9 Å². The molecule has 502 valence electrons. The number of rotatable bonds is 23. The van der Waals surface area contributed by atoms with E-state index in [9.17, 15) is 105 Å². The molecule has 26 heteroatoms. The Bertz CT molecular complexity index is 3070. The summed E-state index contributed by atoms with van der Waals surface area (Å²) in [6, 6.07) is 13.5. The summed E-state index contributed by atoms with van der Waals surface area (Å²) in [5, 5.41) is 1.30. The van der Waals surface area contributed by atoms with Crippen molar-refractivity contribution in [3.63, 3.8) is 0 Å². The van der Waals surface area contributed by atoms with Crippen LogP contribution < -0.4 is 26.4 Å². The van der Waals surface area contributed by atoms with Gasteiger partial charge in [-0.2, -0.15) is 132 Å². The Labute approximate surface area is 514 Å². The zero-order valence-electron chi connectivity index (χ0n) is 49.1. The lowest BCUT2D eigenvalue weighted by Gasteiger charge is -2.46. The topological polar surface area (TPSA) is 3.88 Å². The highest BCUT2D eigenvalue weighted by atomic mass is 19.4. The summed E-state index contributed by atoms with van der Waals surface area (Å²) in [4.78, 5) is 0. The second-order valence-corrected chi connectivity index (χ2v) is 22.8. The van der Waals surface area contributed by atoms with Crippen LogP contribution in [0.1, 0.15) is 165 Å². The molecular weight excluding hydrogens is 1270 g/mol. The van der Waals surface area contributed by atoms with Crippen molar-refractivity contribution >= 4 is 38.9 Å². The molecule has 0 atom stereocenters. The van der Waals surface area contributed by atoms with Gasteiger partial charge in [-0.05, 0) is 54.8 Å². The molecule has 0 spiro atoms. The molecule has 0 saturated carbocycles. The Morgan fingerprint density at radius 2 is 0.533 bits per heavy atom. The van der Waals surface area contributed by atoms with Gasteiger partial charge < -0.3 is 0 Å². The number of nitrogens with zero attached hydrogens (tertiary/aromatic N) is 1. The van der Waals surface area contributed by atoms with Crippen molar-refractivity contribution in [2.24, 2.45) is 0 Å². The Morgan fingerprint density at radius 1 is 0.283 bits per heavy atom. The highest BCUT2D eigenvalue weighted by molar-refractivity contribution is 7.20. The van der Waals surface area contributed by atoms with Crippen LogP contribution in [0.5, 0.6) is 0 Å². The van der Waals surface area contributed by atoms with Gasteiger partial charge >= 0.3 is 49.4 Å². The van der Waals surface area contributed by atoms with Crippen LogP contribution in [0, 0.1) is 0 Å². The van der Waals surface area contributed by atoms with Gasteiger partial charge in [0.2, 0.25) is 5.52 Å². The van der Waals surface area contributed by atoms with E-state index in [-0.39, 0.29) is 0 Å².